The Morgan fingerprint density at radius 2 is 2.25 bits per heavy atom. The fraction of sp³-hybridized carbons (Fsp3) is 0.750. The number of aromatic nitrogens is 2. The molecular formula is C16H24N4O4. The molecule has 1 aromatic heterocycles. The Balaban J connectivity index is 1.62. The fourth-order valence-electron chi connectivity index (χ4n) is 4.22. The Hall–Kier alpha value is -1.96. The molecule has 3 rings (SSSR count). The van der Waals surface area contributed by atoms with Crippen LogP contribution in [0.1, 0.15) is 44.9 Å². The maximum absolute atomic E-state index is 12.4. The molecule has 1 heterocycles. The molecular weight excluding hydrogens is 312 g/mol. The van der Waals surface area contributed by atoms with E-state index in [2.05, 4.69) is 10.3 Å². The fourth-order valence-corrected chi connectivity index (χ4v) is 4.22. The molecule has 1 aromatic rings. The third-order valence-electron chi connectivity index (χ3n) is 5.49. The van der Waals surface area contributed by atoms with Gasteiger partial charge in [0.05, 0.1) is 6.10 Å². The van der Waals surface area contributed by atoms with Crippen LogP contribution in [-0.2, 0) is 16.1 Å². The summed E-state index contributed by atoms with van der Waals surface area (Å²) in [5.41, 5.74) is 0.0850. The van der Waals surface area contributed by atoms with Gasteiger partial charge in [0.25, 0.3) is 0 Å². The Bertz CT molecular complexity index is 636. The first-order valence-corrected chi connectivity index (χ1v) is 8.55. The zero-order valence-corrected chi connectivity index (χ0v) is 14.2. The van der Waals surface area contributed by atoms with Crippen LogP contribution in [0.25, 0.3) is 0 Å². The van der Waals surface area contributed by atoms with Gasteiger partial charge in [0, 0.05) is 25.0 Å². The van der Waals surface area contributed by atoms with Crippen molar-refractivity contribution in [2.75, 3.05) is 6.61 Å². The van der Waals surface area contributed by atoms with E-state index >= 15 is 0 Å². The molecule has 2 aliphatic rings. The number of hydrogen-bond donors (Lipinski definition) is 1. The maximum atomic E-state index is 12.4. The highest BCUT2D eigenvalue weighted by Gasteiger charge is 2.57. The van der Waals surface area contributed by atoms with Crippen LogP contribution in [0.2, 0.25) is 0 Å². The van der Waals surface area contributed by atoms with Gasteiger partial charge in [0.2, 0.25) is 11.7 Å². The lowest BCUT2D eigenvalue weighted by Gasteiger charge is -2.54. The van der Waals surface area contributed by atoms with Crippen LogP contribution in [0.15, 0.2) is 6.20 Å². The molecule has 1 N–H and O–H groups in total. The first-order valence-electron chi connectivity index (χ1n) is 8.55. The minimum Gasteiger partial charge on any atom is -0.378 e. The van der Waals surface area contributed by atoms with Gasteiger partial charge in [-0.25, -0.2) is 0 Å². The molecule has 0 bridgehead atoms. The number of carbonyl (C=O) groups excluding carboxylic acids is 1. The van der Waals surface area contributed by atoms with Crippen LogP contribution in [0, 0.1) is 22.5 Å². The summed E-state index contributed by atoms with van der Waals surface area (Å²) in [6.07, 6.45) is 6.96. The van der Waals surface area contributed by atoms with E-state index < -0.39 is 4.92 Å². The van der Waals surface area contributed by atoms with Crippen molar-refractivity contribution < 1.29 is 14.5 Å². The SMILES string of the molecule is CCO[C@H]1C[C@H](NC(=O)Cn2cc([N+](=O)[O-])nc2C)C12CCCC2. The van der Waals surface area contributed by atoms with Gasteiger partial charge in [-0.1, -0.05) is 12.8 Å². The average Bonchev–Trinajstić information content (AvgIpc) is 3.16. The van der Waals surface area contributed by atoms with Crippen LogP contribution < -0.4 is 5.32 Å². The van der Waals surface area contributed by atoms with Crippen LogP contribution in [0.3, 0.4) is 0 Å². The van der Waals surface area contributed by atoms with Crippen LogP contribution >= 0.6 is 0 Å². The summed E-state index contributed by atoms with van der Waals surface area (Å²) in [5, 5.41) is 13.9. The molecule has 0 aromatic carbocycles. The summed E-state index contributed by atoms with van der Waals surface area (Å²) in [4.78, 5) is 26.4. The van der Waals surface area contributed by atoms with E-state index in [0.717, 1.165) is 19.3 Å². The van der Waals surface area contributed by atoms with Gasteiger partial charge in [0.1, 0.15) is 12.7 Å². The second-order valence-corrected chi connectivity index (χ2v) is 6.77. The largest absolute Gasteiger partial charge is 0.381 e. The molecule has 132 valence electrons. The zero-order valence-electron chi connectivity index (χ0n) is 14.2. The van der Waals surface area contributed by atoms with Gasteiger partial charge in [-0.3, -0.25) is 9.36 Å². The quantitative estimate of drug-likeness (QED) is 0.632. The van der Waals surface area contributed by atoms with Gasteiger partial charge in [-0.15, -0.1) is 0 Å². The first-order chi connectivity index (χ1) is 11.5. The van der Waals surface area contributed by atoms with Gasteiger partial charge >= 0.3 is 5.82 Å². The monoisotopic (exact) mass is 336 g/mol. The highest BCUT2D eigenvalue weighted by atomic mass is 16.6. The molecule has 8 nitrogen and oxygen atoms in total. The normalized spacial score (nSPS) is 24.8. The third kappa shape index (κ3) is 2.90. The van der Waals surface area contributed by atoms with E-state index in [9.17, 15) is 14.9 Å². The standard InChI is InChI=1S/C16H24N4O4/c1-3-24-13-8-12(16(13)6-4-5-7-16)18-15(21)10-19-9-14(20(22)23)17-11(19)2/h9,12-13H,3-8,10H2,1-2H3,(H,18,21)/t12-,13-/m0/s1. The number of ether oxygens (including phenoxy) is 1. The lowest BCUT2D eigenvalue weighted by Crippen LogP contribution is -2.64. The maximum Gasteiger partial charge on any atom is 0.381 e. The molecule has 2 fully saturated rings. The second-order valence-electron chi connectivity index (χ2n) is 6.77. The summed E-state index contributed by atoms with van der Waals surface area (Å²) >= 11 is 0. The van der Waals surface area contributed by atoms with Gasteiger partial charge in [-0.05, 0) is 36.1 Å². The lowest BCUT2D eigenvalue weighted by atomic mass is 9.60. The molecule has 2 aliphatic carbocycles. The molecule has 0 saturated heterocycles. The van der Waals surface area contributed by atoms with Gasteiger partial charge < -0.3 is 20.2 Å². The number of nitrogens with zero attached hydrogens (tertiary/aromatic N) is 3. The van der Waals surface area contributed by atoms with E-state index in [1.807, 2.05) is 6.92 Å². The third-order valence-corrected chi connectivity index (χ3v) is 5.49. The van der Waals surface area contributed by atoms with Crippen molar-refractivity contribution in [2.45, 2.75) is 64.6 Å². The van der Waals surface area contributed by atoms with Gasteiger partial charge in [0.15, 0.2) is 0 Å². The van der Waals surface area contributed by atoms with Crippen molar-refractivity contribution in [2.24, 2.45) is 5.41 Å². The average molecular weight is 336 g/mol. The van der Waals surface area contributed by atoms with E-state index in [4.69, 9.17) is 4.74 Å². The van der Waals surface area contributed by atoms with Crippen LogP contribution in [-0.4, -0.2) is 39.1 Å². The Kier molecular flexibility index (Phi) is 4.58. The van der Waals surface area contributed by atoms with Crippen molar-refractivity contribution in [3.05, 3.63) is 22.1 Å². The number of hydrogen-bond acceptors (Lipinski definition) is 5. The highest BCUT2D eigenvalue weighted by Crippen LogP contribution is 2.54. The minimum atomic E-state index is -0.548. The van der Waals surface area contributed by atoms with Crippen LogP contribution in [0.4, 0.5) is 5.82 Å². The summed E-state index contributed by atoms with van der Waals surface area (Å²) in [5.74, 6) is 0.109. The molecule has 0 aliphatic heterocycles. The highest BCUT2D eigenvalue weighted by molar-refractivity contribution is 5.76. The minimum absolute atomic E-state index is 0.0541. The van der Waals surface area contributed by atoms with E-state index in [-0.39, 0.29) is 35.8 Å². The van der Waals surface area contributed by atoms with E-state index in [1.54, 1.807) is 6.92 Å². The van der Waals surface area contributed by atoms with Crippen molar-refractivity contribution in [1.29, 1.82) is 0 Å². The predicted octanol–water partition coefficient (Wildman–Crippen LogP) is 1.95. The summed E-state index contributed by atoms with van der Waals surface area (Å²) in [7, 11) is 0. The van der Waals surface area contributed by atoms with Crippen LogP contribution in [0.5, 0.6) is 0 Å². The predicted molar refractivity (Wildman–Crippen MR) is 86.5 cm³/mol. The Morgan fingerprint density at radius 3 is 2.83 bits per heavy atom. The Morgan fingerprint density at radius 1 is 1.54 bits per heavy atom. The summed E-state index contributed by atoms with van der Waals surface area (Å²) < 4.78 is 7.37. The molecule has 8 heteroatoms. The smallest absolute Gasteiger partial charge is 0.378 e. The topological polar surface area (TPSA) is 99.3 Å². The molecule has 2 atom stereocenters. The van der Waals surface area contributed by atoms with E-state index in [1.165, 1.54) is 23.6 Å². The number of imidazole rings is 1. The summed E-state index contributed by atoms with van der Waals surface area (Å²) in [6.45, 7) is 4.42. The molecule has 0 unspecified atom stereocenters. The second kappa shape index (κ2) is 6.51. The lowest BCUT2D eigenvalue weighted by molar-refractivity contribution is -0.389. The molecule has 1 spiro atoms. The molecule has 24 heavy (non-hydrogen) atoms. The molecule has 0 radical (unpaired) electrons. The zero-order chi connectivity index (χ0) is 17.3. The van der Waals surface area contributed by atoms with Crippen molar-refractivity contribution in [3.63, 3.8) is 0 Å². The van der Waals surface area contributed by atoms with Gasteiger partial charge in [-0.2, -0.15) is 0 Å². The molecule has 1 amide bonds. The van der Waals surface area contributed by atoms with E-state index in [0.29, 0.717) is 12.4 Å². The number of nitrogens with one attached hydrogen (secondary N) is 1. The number of carbonyl (C=O) groups is 1. The number of aryl methyl sites for hydroxylation is 1. The molecule has 2 saturated carbocycles. The summed E-state index contributed by atoms with van der Waals surface area (Å²) in [6, 6.07) is 0.142. The number of nitro groups is 1. The number of rotatable bonds is 6. The van der Waals surface area contributed by atoms with Crippen molar-refractivity contribution in [3.8, 4) is 0 Å². The van der Waals surface area contributed by atoms with Crippen molar-refractivity contribution in [1.82, 2.24) is 14.9 Å². The Labute approximate surface area is 140 Å². The number of amides is 1. The van der Waals surface area contributed by atoms with Crippen molar-refractivity contribution >= 4 is 11.7 Å². The first kappa shape index (κ1) is 16.9.